The normalized spacial score (nSPS) is 10.3. The third kappa shape index (κ3) is 6.92. The number of carbonyl (C=O) groups excluding carboxylic acids is 2. The van der Waals surface area contributed by atoms with Gasteiger partial charge in [-0.3, -0.25) is 14.9 Å². The largest absolute Gasteiger partial charge is 0.497 e. The van der Waals surface area contributed by atoms with E-state index < -0.39 is 0 Å². The van der Waals surface area contributed by atoms with Crippen molar-refractivity contribution in [2.45, 2.75) is 11.3 Å². The maximum absolute atomic E-state index is 11.9. The zero-order valence-corrected chi connectivity index (χ0v) is 16.2. The Morgan fingerprint density at radius 1 is 1.12 bits per heavy atom. The SMILES string of the molecule is CCSc1nnc(NC(=O)CSCC(=O)Nc2ccc(OC)cc2)s1. The fourth-order valence-corrected chi connectivity index (χ4v) is 3.99. The van der Waals surface area contributed by atoms with Gasteiger partial charge >= 0.3 is 0 Å². The fourth-order valence-electron chi connectivity index (χ4n) is 1.71. The molecule has 2 N–H and O–H groups in total. The highest BCUT2D eigenvalue weighted by Gasteiger charge is 2.10. The van der Waals surface area contributed by atoms with Crippen LogP contribution in [0.2, 0.25) is 0 Å². The van der Waals surface area contributed by atoms with Gasteiger partial charge < -0.3 is 10.1 Å². The summed E-state index contributed by atoms with van der Waals surface area (Å²) in [5, 5.41) is 13.8. The Kier molecular flexibility index (Phi) is 8.02. The van der Waals surface area contributed by atoms with Crippen molar-refractivity contribution in [3.05, 3.63) is 24.3 Å². The molecular weight excluding hydrogens is 380 g/mol. The first kappa shape index (κ1) is 19.5. The van der Waals surface area contributed by atoms with Crippen LogP contribution in [-0.4, -0.2) is 46.4 Å². The van der Waals surface area contributed by atoms with E-state index in [1.54, 1.807) is 43.1 Å². The van der Waals surface area contributed by atoms with Crippen LogP contribution in [0.1, 0.15) is 6.92 Å². The Hall–Kier alpha value is -1.78. The Morgan fingerprint density at radius 3 is 2.44 bits per heavy atom. The van der Waals surface area contributed by atoms with Crippen molar-refractivity contribution in [3.8, 4) is 5.75 Å². The molecule has 1 heterocycles. The minimum atomic E-state index is -0.202. The third-order valence-corrected chi connectivity index (χ3v) is 5.55. The average Bonchev–Trinajstić information content (AvgIpc) is 3.03. The predicted molar refractivity (Wildman–Crippen MR) is 104 cm³/mol. The summed E-state index contributed by atoms with van der Waals surface area (Å²) in [7, 11) is 1.58. The van der Waals surface area contributed by atoms with Gasteiger partial charge in [-0.2, -0.15) is 0 Å². The lowest BCUT2D eigenvalue weighted by atomic mass is 10.3. The van der Waals surface area contributed by atoms with Gasteiger partial charge in [0.15, 0.2) is 4.34 Å². The molecule has 0 saturated heterocycles. The monoisotopic (exact) mass is 398 g/mol. The highest BCUT2D eigenvalue weighted by atomic mass is 32.2. The number of carbonyl (C=O) groups is 2. The summed E-state index contributed by atoms with van der Waals surface area (Å²) in [4.78, 5) is 23.7. The molecule has 0 aliphatic carbocycles. The highest BCUT2D eigenvalue weighted by Crippen LogP contribution is 2.25. The molecule has 1 aromatic carbocycles. The first-order valence-corrected chi connectivity index (χ1v) is 10.3. The molecule has 25 heavy (non-hydrogen) atoms. The second kappa shape index (κ2) is 10.3. The van der Waals surface area contributed by atoms with Gasteiger partial charge in [0.2, 0.25) is 16.9 Å². The molecule has 2 rings (SSSR count). The van der Waals surface area contributed by atoms with Gasteiger partial charge in [0.25, 0.3) is 0 Å². The lowest BCUT2D eigenvalue weighted by Gasteiger charge is -2.06. The minimum Gasteiger partial charge on any atom is -0.497 e. The summed E-state index contributed by atoms with van der Waals surface area (Å²) in [5.74, 6) is 1.62. The van der Waals surface area contributed by atoms with Gasteiger partial charge in [-0.25, -0.2) is 0 Å². The Bertz CT molecular complexity index is 706. The van der Waals surface area contributed by atoms with Crippen molar-refractivity contribution in [1.29, 1.82) is 0 Å². The summed E-state index contributed by atoms with van der Waals surface area (Å²) in [6.45, 7) is 2.03. The molecule has 2 amide bonds. The molecule has 0 spiro atoms. The Morgan fingerprint density at radius 2 is 1.80 bits per heavy atom. The molecule has 0 aliphatic rings. The number of ether oxygens (including phenoxy) is 1. The van der Waals surface area contributed by atoms with Crippen LogP contribution >= 0.6 is 34.9 Å². The summed E-state index contributed by atoms with van der Waals surface area (Å²) in [5.41, 5.74) is 0.686. The number of anilines is 2. The molecule has 7 nitrogen and oxygen atoms in total. The molecule has 10 heteroatoms. The maximum atomic E-state index is 11.9. The van der Waals surface area contributed by atoms with E-state index in [9.17, 15) is 9.59 Å². The summed E-state index contributed by atoms with van der Waals surface area (Å²) >= 11 is 4.15. The molecule has 0 atom stereocenters. The summed E-state index contributed by atoms with van der Waals surface area (Å²) < 4.78 is 5.88. The Labute approximate surface area is 158 Å². The molecule has 0 unspecified atom stereocenters. The molecule has 0 saturated carbocycles. The number of amides is 2. The van der Waals surface area contributed by atoms with Gasteiger partial charge in [0.05, 0.1) is 18.6 Å². The van der Waals surface area contributed by atoms with Gasteiger partial charge in [-0.1, -0.05) is 30.0 Å². The predicted octanol–water partition coefficient (Wildman–Crippen LogP) is 2.97. The maximum Gasteiger partial charge on any atom is 0.236 e. The van der Waals surface area contributed by atoms with Gasteiger partial charge in [0, 0.05) is 5.69 Å². The van der Waals surface area contributed by atoms with Gasteiger partial charge in [0.1, 0.15) is 5.75 Å². The Balaban J connectivity index is 1.68. The average molecular weight is 399 g/mol. The van der Waals surface area contributed by atoms with Crippen molar-refractivity contribution in [2.75, 3.05) is 35.0 Å². The standard InChI is InChI=1S/C15H18N4O3S3/c1-3-24-15-19-18-14(25-15)17-13(21)9-23-8-12(20)16-10-4-6-11(22-2)7-5-10/h4-7H,3,8-9H2,1-2H3,(H,16,20)(H,17,18,21). The number of nitrogens with one attached hydrogen (secondary N) is 2. The smallest absolute Gasteiger partial charge is 0.236 e. The zero-order chi connectivity index (χ0) is 18.1. The molecule has 2 aromatic rings. The zero-order valence-electron chi connectivity index (χ0n) is 13.8. The van der Waals surface area contributed by atoms with Crippen LogP contribution in [0.5, 0.6) is 5.75 Å². The first-order valence-electron chi connectivity index (χ1n) is 7.38. The first-order chi connectivity index (χ1) is 12.1. The minimum absolute atomic E-state index is 0.166. The van der Waals surface area contributed by atoms with Gasteiger partial charge in [-0.05, 0) is 30.0 Å². The topological polar surface area (TPSA) is 93.2 Å². The molecule has 0 bridgehead atoms. The van der Waals surface area contributed by atoms with E-state index in [0.717, 1.165) is 15.8 Å². The van der Waals surface area contributed by atoms with Crippen molar-refractivity contribution in [1.82, 2.24) is 10.2 Å². The molecule has 1 aromatic heterocycles. The lowest BCUT2D eigenvalue weighted by Crippen LogP contribution is -2.18. The third-order valence-electron chi connectivity index (χ3n) is 2.76. The lowest BCUT2D eigenvalue weighted by molar-refractivity contribution is -0.114. The number of methoxy groups -OCH3 is 1. The summed E-state index contributed by atoms with van der Waals surface area (Å²) in [6, 6.07) is 7.05. The highest BCUT2D eigenvalue weighted by molar-refractivity contribution is 8.01. The molecule has 0 radical (unpaired) electrons. The number of hydrogen-bond donors (Lipinski definition) is 2. The molecule has 0 aliphatic heterocycles. The van der Waals surface area contributed by atoms with Crippen LogP contribution in [0, 0.1) is 0 Å². The number of benzene rings is 1. The van der Waals surface area contributed by atoms with E-state index in [0.29, 0.717) is 10.8 Å². The number of aromatic nitrogens is 2. The van der Waals surface area contributed by atoms with Crippen LogP contribution in [0.3, 0.4) is 0 Å². The van der Waals surface area contributed by atoms with Crippen molar-refractivity contribution in [3.63, 3.8) is 0 Å². The quantitative estimate of drug-likeness (QED) is 0.495. The van der Waals surface area contributed by atoms with Crippen molar-refractivity contribution < 1.29 is 14.3 Å². The fraction of sp³-hybridized carbons (Fsp3) is 0.333. The van der Waals surface area contributed by atoms with E-state index in [1.165, 1.54) is 23.1 Å². The van der Waals surface area contributed by atoms with E-state index >= 15 is 0 Å². The van der Waals surface area contributed by atoms with Gasteiger partial charge in [-0.15, -0.1) is 22.0 Å². The number of hydrogen-bond acceptors (Lipinski definition) is 8. The van der Waals surface area contributed by atoms with E-state index in [-0.39, 0.29) is 23.3 Å². The van der Waals surface area contributed by atoms with Crippen LogP contribution in [-0.2, 0) is 9.59 Å². The second-order valence-electron chi connectivity index (χ2n) is 4.62. The van der Waals surface area contributed by atoms with Crippen LogP contribution in [0.25, 0.3) is 0 Å². The van der Waals surface area contributed by atoms with E-state index in [1.807, 2.05) is 6.92 Å². The second-order valence-corrected chi connectivity index (χ2v) is 8.10. The van der Waals surface area contributed by atoms with Crippen LogP contribution < -0.4 is 15.4 Å². The van der Waals surface area contributed by atoms with E-state index in [4.69, 9.17) is 4.74 Å². The molecule has 134 valence electrons. The van der Waals surface area contributed by atoms with Crippen LogP contribution in [0.15, 0.2) is 28.6 Å². The number of rotatable bonds is 9. The number of thioether (sulfide) groups is 2. The van der Waals surface area contributed by atoms with Crippen molar-refractivity contribution in [2.24, 2.45) is 0 Å². The number of nitrogens with zero attached hydrogens (tertiary/aromatic N) is 2. The van der Waals surface area contributed by atoms with Crippen molar-refractivity contribution >= 4 is 57.5 Å². The molecule has 0 fully saturated rings. The van der Waals surface area contributed by atoms with Crippen LogP contribution in [0.4, 0.5) is 10.8 Å². The van der Waals surface area contributed by atoms with E-state index in [2.05, 4.69) is 20.8 Å². The summed E-state index contributed by atoms with van der Waals surface area (Å²) in [6.07, 6.45) is 0. The molecular formula is C15H18N4O3S3.